The van der Waals surface area contributed by atoms with Crippen molar-refractivity contribution in [3.8, 4) is 0 Å². The van der Waals surface area contributed by atoms with Crippen LogP contribution in [0.5, 0.6) is 0 Å². The summed E-state index contributed by atoms with van der Waals surface area (Å²) in [4.78, 5) is 41.5. The van der Waals surface area contributed by atoms with Gasteiger partial charge in [-0.3, -0.25) is 19.3 Å². The molecule has 0 radical (unpaired) electrons. The molecule has 3 amide bonds. The van der Waals surface area contributed by atoms with Gasteiger partial charge in [0.1, 0.15) is 0 Å². The Morgan fingerprint density at radius 1 is 1.12 bits per heavy atom. The van der Waals surface area contributed by atoms with Crippen LogP contribution in [0.1, 0.15) is 45.4 Å². The van der Waals surface area contributed by atoms with Crippen molar-refractivity contribution in [2.45, 2.75) is 63.7 Å². The maximum Gasteiger partial charge on any atom is 0.235 e. The zero-order valence-corrected chi connectivity index (χ0v) is 15.5. The Labute approximate surface area is 154 Å². The smallest absolute Gasteiger partial charge is 0.235 e. The predicted octanol–water partition coefficient (Wildman–Crippen LogP) is 0.530. The molecule has 0 spiro atoms. The molecule has 0 aliphatic carbocycles. The number of nitrogens with zero attached hydrogens (tertiary/aromatic N) is 2. The molecule has 7 heteroatoms. The van der Waals surface area contributed by atoms with E-state index in [1.807, 2.05) is 4.90 Å². The molecule has 4 atom stereocenters. The Hall–Kier alpha value is -1.47. The van der Waals surface area contributed by atoms with E-state index < -0.39 is 0 Å². The van der Waals surface area contributed by atoms with E-state index in [-0.39, 0.29) is 60.8 Å². The molecule has 26 heavy (non-hydrogen) atoms. The lowest BCUT2D eigenvalue weighted by molar-refractivity contribution is -0.143. The van der Waals surface area contributed by atoms with Crippen LogP contribution in [0, 0.1) is 11.8 Å². The number of likely N-dealkylation sites (tertiary alicyclic amines) is 1. The van der Waals surface area contributed by atoms with Crippen molar-refractivity contribution in [2.75, 3.05) is 26.2 Å². The third-order valence-electron chi connectivity index (χ3n) is 6.46. The number of hydrogen-bond acceptors (Lipinski definition) is 5. The maximum absolute atomic E-state index is 12.8. The molecule has 4 aliphatic heterocycles. The normalized spacial score (nSPS) is 33.8. The molecule has 1 N–H and O–H groups in total. The average molecular weight is 363 g/mol. The van der Waals surface area contributed by atoms with Crippen LogP contribution in [0.4, 0.5) is 0 Å². The Balaban J connectivity index is 1.37. The number of amides is 3. The van der Waals surface area contributed by atoms with Crippen LogP contribution < -0.4 is 5.32 Å². The summed E-state index contributed by atoms with van der Waals surface area (Å²) < 4.78 is 5.75. The Morgan fingerprint density at radius 3 is 2.31 bits per heavy atom. The number of carbonyl (C=O) groups is 3. The van der Waals surface area contributed by atoms with E-state index in [1.165, 1.54) is 4.90 Å². The highest BCUT2D eigenvalue weighted by Crippen LogP contribution is 2.48. The minimum Gasteiger partial charge on any atom is -0.373 e. The summed E-state index contributed by atoms with van der Waals surface area (Å²) >= 11 is 0. The molecule has 4 rings (SSSR count). The van der Waals surface area contributed by atoms with Gasteiger partial charge in [-0.2, -0.15) is 0 Å². The molecular formula is C19H29N3O4. The molecule has 4 aliphatic rings. The third-order valence-corrected chi connectivity index (χ3v) is 6.46. The summed E-state index contributed by atoms with van der Waals surface area (Å²) in [7, 11) is 0. The lowest BCUT2D eigenvalue weighted by atomic mass is 9.81. The van der Waals surface area contributed by atoms with E-state index in [1.54, 1.807) is 0 Å². The Kier molecular flexibility index (Phi) is 5.01. The number of hydrogen-bond donors (Lipinski definition) is 1. The van der Waals surface area contributed by atoms with E-state index in [0.717, 1.165) is 51.7 Å². The molecule has 4 unspecified atom stereocenters. The largest absolute Gasteiger partial charge is 0.373 e. The van der Waals surface area contributed by atoms with Gasteiger partial charge in [0, 0.05) is 25.6 Å². The standard InChI is InChI=1S/C19H29N3O4/c1-2-10-21(12-5-8-20-9-6-12)15(23)7-11-22-18(24)16-13-3-4-14(26-13)17(16)19(22)25/h12-14,16-17,20H,2-11H2,1H3. The Bertz CT molecular complexity index is 561. The molecule has 4 fully saturated rings. The van der Waals surface area contributed by atoms with E-state index in [9.17, 15) is 14.4 Å². The van der Waals surface area contributed by atoms with Gasteiger partial charge in [-0.05, 0) is 45.2 Å². The van der Waals surface area contributed by atoms with Gasteiger partial charge in [-0.15, -0.1) is 0 Å². The van der Waals surface area contributed by atoms with Crippen LogP contribution >= 0.6 is 0 Å². The second-order valence-corrected chi connectivity index (χ2v) is 7.99. The van der Waals surface area contributed by atoms with Crippen LogP contribution in [0.15, 0.2) is 0 Å². The number of fused-ring (bicyclic) bond motifs is 5. The van der Waals surface area contributed by atoms with Gasteiger partial charge in [0.05, 0.1) is 24.0 Å². The number of nitrogens with one attached hydrogen (secondary N) is 1. The number of imide groups is 1. The fraction of sp³-hybridized carbons (Fsp3) is 0.842. The van der Waals surface area contributed by atoms with Gasteiger partial charge >= 0.3 is 0 Å². The van der Waals surface area contributed by atoms with E-state index in [0.29, 0.717) is 0 Å². The first-order valence-corrected chi connectivity index (χ1v) is 10.1. The molecule has 0 aromatic rings. The molecule has 144 valence electrons. The number of rotatable bonds is 6. The minimum absolute atomic E-state index is 0.0654. The van der Waals surface area contributed by atoms with Crippen molar-refractivity contribution < 1.29 is 19.1 Å². The van der Waals surface area contributed by atoms with Gasteiger partial charge in [0.15, 0.2) is 0 Å². The van der Waals surface area contributed by atoms with Crippen molar-refractivity contribution in [1.29, 1.82) is 0 Å². The van der Waals surface area contributed by atoms with Crippen molar-refractivity contribution in [1.82, 2.24) is 15.1 Å². The highest BCUT2D eigenvalue weighted by Gasteiger charge is 2.62. The lowest BCUT2D eigenvalue weighted by Gasteiger charge is -2.35. The Morgan fingerprint density at radius 2 is 1.73 bits per heavy atom. The van der Waals surface area contributed by atoms with Gasteiger partial charge in [0.2, 0.25) is 17.7 Å². The van der Waals surface area contributed by atoms with Gasteiger partial charge in [-0.1, -0.05) is 6.92 Å². The predicted molar refractivity (Wildman–Crippen MR) is 94.1 cm³/mol. The van der Waals surface area contributed by atoms with Crippen LogP contribution in [-0.4, -0.2) is 72.0 Å². The van der Waals surface area contributed by atoms with Crippen LogP contribution in [0.25, 0.3) is 0 Å². The quantitative estimate of drug-likeness (QED) is 0.697. The average Bonchev–Trinajstić information content (AvgIpc) is 3.33. The van der Waals surface area contributed by atoms with E-state index >= 15 is 0 Å². The SMILES string of the molecule is CCCN(C(=O)CCN1C(=O)C2C3CCC(O3)C2C1=O)C1CCNCC1. The van der Waals surface area contributed by atoms with Crippen molar-refractivity contribution in [3.05, 3.63) is 0 Å². The number of ether oxygens (including phenoxy) is 1. The molecule has 2 bridgehead atoms. The topological polar surface area (TPSA) is 79.0 Å². The minimum atomic E-state index is -0.299. The highest BCUT2D eigenvalue weighted by atomic mass is 16.5. The highest BCUT2D eigenvalue weighted by molar-refractivity contribution is 6.06. The summed E-state index contributed by atoms with van der Waals surface area (Å²) in [6.07, 6.45) is 4.66. The number of piperidine rings is 1. The summed E-state index contributed by atoms with van der Waals surface area (Å²) in [5, 5.41) is 3.33. The zero-order valence-electron chi connectivity index (χ0n) is 15.5. The monoisotopic (exact) mass is 363 g/mol. The molecule has 7 nitrogen and oxygen atoms in total. The fourth-order valence-electron chi connectivity index (χ4n) is 5.22. The second-order valence-electron chi connectivity index (χ2n) is 7.99. The van der Waals surface area contributed by atoms with Gasteiger partial charge < -0.3 is 15.0 Å². The first-order chi connectivity index (χ1) is 12.6. The summed E-state index contributed by atoms with van der Waals surface area (Å²) in [6, 6.07) is 0.275. The first-order valence-electron chi connectivity index (χ1n) is 10.1. The molecule has 0 saturated carbocycles. The number of carbonyl (C=O) groups excluding carboxylic acids is 3. The van der Waals surface area contributed by atoms with Gasteiger partial charge in [0.25, 0.3) is 0 Å². The first kappa shape index (κ1) is 17.9. The van der Waals surface area contributed by atoms with Crippen LogP contribution in [0.3, 0.4) is 0 Å². The van der Waals surface area contributed by atoms with Crippen molar-refractivity contribution in [2.24, 2.45) is 11.8 Å². The van der Waals surface area contributed by atoms with Crippen LogP contribution in [0.2, 0.25) is 0 Å². The van der Waals surface area contributed by atoms with Gasteiger partial charge in [-0.25, -0.2) is 0 Å². The summed E-state index contributed by atoms with van der Waals surface area (Å²) in [6.45, 7) is 4.91. The zero-order chi connectivity index (χ0) is 18.3. The molecular weight excluding hydrogens is 334 g/mol. The molecule has 0 aromatic carbocycles. The lowest BCUT2D eigenvalue weighted by Crippen LogP contribution is -2.47. The summed E-state index contributed by atoms with van der Waals surface area (Å²) in [5.74, 6) is -0.775. The van der Waals surface area contributed by atoms with Crippen molar-refractivity contribution >= 4 is 17.7 Å². The molecule has 0 aromatic heterocycles. The van der Waals surface area contributed by atoms with E-state index in [2.05, 4.69) is 12.2 Å². The third kappa shape index (κ3) is 2.95. The molecule has 4 saturated heterocycles. The maximum atomic E-state index is 12.8. The van der Waals surface area contributed by atoms with Crippen LogP contribution in [-0.2, 0) is 19.1 Å². The van der Waals surface area contributed by atoms with Crippen molar-refractivity contribution in [3.63, 3.8) is 0 Å². The second kappa shape index (κ2) is 7.27. The van der Waals surface area contributed by atoms with E-state index in [4.69, 9.17) is 4.74 Å². The summed E-state index contributed by atoms with van der Waals surface area (Å²) in [5.41, 5.74) is 0. The fourth-order valence-corrected chi connectivity index (χ4v) is 5.22. The molecule has 4 heterocycles.